The van der Waals surface area contributed by atoms with Crippen LogP contribution in [0, 0.1) is 0 Å². The van der Waals surface area contributed by atoms with E-state index in [9.17, 15) is 18.0 Å². The number of hydrogen-bond donors (Lipinski definition) is 0. The third-order valence-electron chi connectivity index (χ3n) is 0.439. The summed E-state index contributed by atoms with van der Waals surface area (Å²) in [6, 6.07) is 0. The van der Waals surface area contributed by atoms with E-state index in [-0.39, 0.29) is 0 Å². The average molecular weight is 329 g/mol. The van der Waals surface area contributed by atoms with E-state index in [1.54, 1.807) is 0 Å². The second kappa shape index (κ2) is 3.39. The third kappa shape index (κ3) is 8.20. The van der Waals surface area contributed by atoms with E-state index < -0.39 is 34.7 Å². The van der Waals surface area contributed by atoms with Crippen LogP contribution in [0.4, 0.5) is 13.2 Å². The fraction of sp³-hybridized carbons (Fsp3) is 0.667. The van der Waals surface area contributed by atoms with Crippen molar-refractivity contribution in [1.29, 1.82) is 0 Å². The van der Waals surface area contributed by atoms with Crippen LogP contribution in [0.2, 0.25) is 0 Å². The zero-order valence-electron chi connectivity index (χ0n) is 4.66. The Hall–Kier alpha value is 0.195. The van der Waals surface area contributed by atoms with Gasteiger partial charge in [-0.05, 0) is 0 Å². The standard InChI is InChI=1S/C2H4O2.CF3.Hg/c1-2(3)4;2-1(3)4;/h1H3,(H,3,4);;/q;;+1/p-1. The van der Waals surface area contributed by atoms with Gasteiger partial charge in [-0.2, -0.15) is 0 Å². The van der Waals surface area contributed by atoms with Crippen molar-refractivity contribution in [2.24, 2.45) is 0 Å². The minimum atomic E-state index is -4.19. The third-order valence-corrected chi connectivity index (χ3v) is 3.85. The molecule has 0 aliphatic heterocycles. The summed E-state index contributed by atoms with van der Waals surface area (Å²) in [4.78, 5) is 9.82. The maximum absolute atomic E-state index is 11.2. The molecule has 2 nitrogen and oxygen atoms in total. The van der Waals surface area contributed by atoms with Crippen molar-refractivity contribution >= 4 is 5.97 Å². The summed E-state index contributed by atoms with van der Waals surface area (Å²) in [6.45, 7) is 0.978. The number of alkyl halides is 3. The zero-order valence-corrected chi connectivity index (χ0v) is 10.2. The first-order valence-corrected chi connectivity index (χ1v) is 7.11. The van der Waals surface area contributed by atoms with Gasteiger partial charge in [0, 0.05) is 0 Å². The Bertz CT molecular complexity index is 110. The summed E-state index contributed by atoms with van der Waals surface area (Å²) in [6.07, 6.45) is 0. The Balaban J connectivity index is 3.39. The van der Waals surface area contributed by atoms with Crippen LogP contribution >= 0.6 is 0 Å². The van der Waals surface area contributed by atoms with E-state index in [1.165, 1.54) is 0 Å². The number of halogens is 3. The van der Waals surface area contributed by atoms with Crippen LogP contribution in [0.25, 0.3) is 0 Å². The van der Waals surface area contributed by atoms with Crippen LogP contribution in [0.5, 0.6) is 0 Å². The van der Waals surface area contributed by atoms with Gasteiger partial charge in [0.2, 0.25) is 0 Å². The Labute approximate surface area is 62.5 Å². The molecule has 0 aromatic heterocycles. The van der Waals surface area contributed by atoms with Gasteiger partial charge in [-0.15, -0.1) is 0 Å². The summed E-state index contributed by atoms with van der Waals surface area (Å²) in [5, 5.41) is 0. The first-order chi connectivity index (χ1) is 3.92. The second-order valence-corrected chi connectivity index (χ2v) is 6.76. The predicted molar refractivity (Wildman–Crippen MR) is 17.8 cm³/mol. The van der Waals surface area contributed by atoms with Crippen molar-refractivity contribution in [2.75, 3.05) is 0 Å². The molecule has 0 fully saturated rings. The van der Waals surface area contributed by atoms with E-state index >= 15 is 0 Å². The average Bonchev–Trinajstić information content (AvgIpc) is 1.59. The summed E-state index contributed by atoms with van der Waals surface area (Å²) in [5.41, 5.74) is 0. The van der Waals surface area contributed by atoms with Gasteiger partial charge in [0.1, 0.15) is 0 Å². The van der Waals surface area contributed by atoms with Crippen molar-refractivity contribution < 1.29 is 45.6 Å². The number of hydrogen-bond acceptors (Lipinski definition) is 2. The summed E-state index contributed by atoms with van der Waals surface area (Å²) < 4.78 is 33.4. The van der Waals surface area contributed by atoms with Crippen molar-refractivity contribution in [2.45, 2.75) is 10.6 Å². The quantitative estimate of drug-likeness (QED) is 0.673. The topological polar surface area (TPSA) is 26.3 Å². The van der Waals surface area contributed by atoms with Crippen molar-refractivity contribution in [3.63, 3.8) is 0 Å². The van der Waals surface area contributed by atoms with Crippen LogP contribution < -0.4 is 0 Å². The van der Waals surface area contributed by atoms with E-state index in [4.69, 9.17) is 0 Å². The predicted octanol–water partition coefficient (Wildman–Crippen LogP) is 1.07. The normalized spacial score (nSPS) is 10.2. The summed E-state index contributed by atoms with van der Waals surface area (Å²) in [5.74, 6) is -0.825. The van der Waals surface area contributed by atoms with E-state index in [2.05, 4.69) is 2.64 Å². The van der Waals surface area contributed by atoms with Crippen LogP contribution in [0.15, 0.2) is 0 Å². The molecule has 0 rings (SSSR count). The number of carbonyl (C=O) groups is 1. The van der Waals surface area contributed by atoms with Gasteiger partial charge < -0.3 is 0 Å². The van der Waals surface area contributed by atoms with Crippen molar-refractivity contribution in [3.05, 3.63) is 0 Å². The Morgan fingerprint density at radius 3 is 2.11 bits per heavy atom. The molecular weight excluding hydrogens is 326 g/mol. The van der Waals surface area contributed by atoms with Gasteiger partial charge in [-0.1, -0.05) is 0 Å². The second-order valence-electron chi connectivity index (χ2n) is 1.40. The molecule has 0 aliphatic rings. The molecule has 0 aromatic carbocycles. The van der Waals surface area contributed by atoms with Gasteiger partial charge in [0.25, 0.3) is 0 Å². The molecule has 0 spiro atoms. The van der Waals surface area contributed by atoms with Crippen LogP contribution in [-0.4, -0.2) is 9.65 Å². The molecule has 6 heteroatoms. The van der Waals surface area contributed by atoms with E-state index in [0.717, 1.165) is 6.92 Å². The van der Waals surface area contributed by atoms with Crippen LogP contribution in [0.1, 0.15) is 6.92 Å². The van der Waals surface area contributed by atoms with Gasteiger partial charge >= 0.3 is 62.2 Å². The SMILES string of the molecule is CC(=O)[O][Hg][C](F)(F)F. The van der Waals surface area contributed by atoms with Crippen molar-refractivity contribution in [3.8, 4) is 0 Å². The molecule has 0 aromatic rings. The van der Waals surface area contributed by atoms with Gasteiger partial charge in [0.15, 0.2) is 0 Å². The molecule has 0 bridgehead atoms. The molecule has 0 radical (unpaired) electrons. The molecule has 0 aliphatic carbocycles. The molecule has 0 atom stereocenters. The molecule has 9 heavy (non-hydrogen) atoms. The molecule has 0 saturated heterocycles. The number of carbonyl (C=O) groups excluding carboxylic acids is 1. The molecule has 0 saturated carbocycles. The van der Waals surface area contributed by atoms with Crippen LogP contribution in [-0.2, 0) is 32.5 Å². The Morgan fingerprint density at radius 1 is 1.56 bits per heavy atom. The number of rotatable bonds is 1. The minimum absolute atomic E-state index is 0.825. The van der Waals surface area contributed by atoms with Crippen LogP contribution in [0.3, 0.4) is 0 Å². The van der Waals surface area contributed by atoms with Gasteiger partial charge in [0.05, 0.1) is 0 Å². The maximum atomic E-state index is 11.2. The van der Waals surface area contributed by atoms with E-state index in [0.29, 0.717) is 0 Å². The molecule has 0 amide bonds. The Morgan fingerprint density at radius 2 is 2.00 bits per heavy atom. The van der Waals surface area contributed by atoms with Gasteiger partial charge in [-0.25, -0.2) is 0 Å². The monoisotopic (exact) mass is 330 g/mol. The van der Waals surface area contributed by atoms with Gasteiger partial charge in [-0.3, -0.25) is 0 Å². The molecule has 50 valence electrons. The van der Waals surface area contributed by atoms with E-state index in [1.807, 2.05) is 0 Å². The summed E-state index contributed by atoms with van der Waals surface area (Å²) in [7, 11) is 0. The molecule has 0 heterocycles. The fourth-order valence-corrected chi connectivity index (χ4v) is 1.61. The molecular formula is C3H3F3HgO2. The molecule has 0 N–H and O–H groups in total. The Kier molecular flexibility index (Phi) is 3.46. The summed E-state index contributed by atoms with van der Waals surface area (Å²) >= 11 is -3.34. The first kappa shape index (κ1) is 9.20. The van der Waals surface area contributed by atoms with Crippen molar-refractivity contribution in [1.82, 2.24) is 0 Å². The fourth-order valence-electron chi connectivity index (χ4n) is 0.183. The first-order valence-electron chi connectivity index (χ1n) is 2.12. The zero-order chi connectivity index (χ0) is 7.49. The molecule has 0 unspecified atom stereocenters.